The highest BCUT2D eigenvalue weighted by Gasteiger charge is 2.55. The molecule has 2 N–H and O–H groups in total. The molecule has 35 heavy (non-hydrogen) atoms. The molecular weight excluding hydrogens is 448 g/mol. The number of likely N-dealkylation sites (tertiary alicyclic amines) is 1. The van der Waals surface area contributed by atoms with Crippen molar-refractivity contribution in [2.45, 2.75) is 18.5 Å². The van der Waals surface area contributed by atoms with Gasteiger partial charge >= 0.3 is 0 Å². The molecule has 0 radical (unpaired) electrons. The fraction of sp³-hybridized carbons (Fsp3) is 0.440. The van der Waals surface area contributed by atoms with Crippen LogP contribution in [0, 0.1) is 11.8 Å². The Morgan fingerprint density at radius 3 is 2.89 bits per heavy atom. The van der Waals surface area contributed by atoms with Crippen LogP contribution in [0.5, 0.6) is 17.4 Å². The molecule has 0 spiro atoms. The first-order valence-corrected chi connectivity index (χ1v) is 12.0. The van der Waals surface area contributed by atoms with Crippen LogP contribution in [-0.4, -0.2) is 71.8 Å². The van der Waals surface area contributed by atoms with Crippen molar-refractivity contribution >= 4 is 22.8 Å². The Morgan fingerprint density at radius 2 is 2.03 bits per heavy atom. The largest absolute Gasteiger partial charge is 0.491 e. The summed E-state index contributed by atoms with van der Waals surface area (Å²) >= 11 is 0. The minimum absolute atomic E-state index is 0.0462. The van der Waals surface area contributed by atoms with Gasteiger partial charge < -0.3 is 29.7 Å². The quantitative estimate of drug-likeness (QED) is 0.550. The number of carbonyl (C=O) groups is 1. The SMILES string of the molecule is COc1ccc2ncc3c(c2n1)C(CN1C[C@@H]2[C@H](C1)[C@H]2NCc1ccc2c(n1)NC(=O)CO2)CO3. The molecule has 0 bridgehead atoms. The third-order valence-corrected chi connectivity index (χ3v) is 7.55. The van der Waals surface area contributed by atoms with E-state index in [4.69, 9.17) is 14.2 Å². The van der Waals surface area contributed by atoms with Crippen LogP contribution < -0.4 is 24.8 Å². The van der Waals surface area contributed by atoms with Gasteiger partial charge in [-0.3, -0.25) is 9.78 Å². The highest BCUT2D eigenvalue weighted by atomic mass is 16.5. The molecule has 4 atom stereocenters. The maximum atomic E-state index is 11.5. The van der Waals surface area contributed by atoms with Crippen molar-refractivity contribution in [1.82, 2.24) is 25.2 Å². The molecule has 6 heterocycles. The van der Waals surface area contributed by atoms with E-state index in [1.807, 2.05) is 30.5 Å². The van der Waals surface area contributed by atoms with Crippen LogP contribution in [0.2, 0.25) is 0 Å². The van der Waals surface area contributed by atoms with Gasteiger partial charge in [0.05, 0.1) is 31.1 Å². The van der Waals surface area contributed by atoms with Crippen molar-refractivity contribution in [3.63, 3.8) is 0 Å². The van der Waals surface area contributed by atoms with E-state index < -0.39 is 0 Å². The third-order valence-electron chi connectivity index (χ3n) is 7.55. The second-order valence-corrected chi connectivity index (χ2v) is 9.70. The summed E-state index contributed by atoms with van der Waals surface area (Å²) < 4.78 is 16.7. The molecule has 3 aromatic heterocycles. The lowest BCUT2D eigenvalue weighted by Gasteiger charge is -2.23. The van der Waals surface area contributed by atoms with Gasteiger partial charge in [-0.2, -0.15) is 0 Å². The van der Waals surface area contributed by atoms with Crippen LogP contribution in [0.3, 0.4) is 0 Å². The summed E-state index contributed by atoms with van der Waals surface area (Å²) in [6.07, 6.45) is 1.82. The van der Waals surface area contributed by atoms with Crippen LogP contribution in [0.15, 0.2) is 30.5 Å². The summed E-state index contributed by atoms with van der Waals surface area (Å²) in [4.78, 5) is 27.8. The first kappa shape index (κ1) is 20.8. The molecule has 4 aliphatic rings. The molecular formula is C25H26N6O4. The third kappa shape index (κ3) is 3.64. The summed E-state index contributed by atoms with van der Waals surface area (Å²) in [6, 6.07) is 8.14. The molecule has 3 aromatic rings. The molecule has 10 heteroatoms. The Bertz CT molecular complexity index is 1320. The van der Waals surface area contributed by atoms with Crippen molar-refractivity contribution in [2.24, 2.45) is 11.8 Å². The lowest BCUT2D eigenvalue weighted by Crippen LogP contribution is -2.34. The normalized spacial score (nSPS) is 26.4. The number of piperidine rings is 1. The molecule has 1 aliphatic carbocycles. The van der Waals surface area contributed by atoms with Gasteiger partial charge in [0.15, 0.2) is 18.2 Å². The van der Waals surface area contributed by atoms with E-state index in [-0.39, 0.29) is 18.4 Å². The number of methoxy groups -OCH3 is 1. The van der Waals surface area contributed by atoms with Gasteiger partial charge in [0.2, 0.25) is 5.88 Å². The zero-order valence-corrected chi connectivity index (χ0v) is 19.4. The lowest BCUT2D eigenvalue weighted by molar-refractivity contribution is -0.118. The van der Waals surface area contributed by atoms with Gasteiger partial charge in [0.25, 0.3) is 5.91 Å². The number of nitrogens with zero attached hydrogens (tertiary/aromatic N) is 4. The minimum atomic E-state index is -0.165. The van der Waals surface area contributed by atoms with Gasteiger partial charge in [0, 0.05) is 49.8 Å². The minimum Gasteiger partial charge on any atom is -0.491 e. The van der Waals surface area contributed by atoms with Gasteiger partial charge in [-0.15, -0.1) is 0 Å². The van der Waals surface area contributed by atoms with Crippen LogP contribution in [0.1, 0.15) is 17.2 Å². The van der Waals surface area contributed by atoms with E-state index in [2.05, 4.69) is 30.5 Å². The number of rotatable bonds is 6. The number of fused-ring (bicyclic) bond motifs is 5. The number of pyridine rings is 3. The summed E-state index contributed by atoms with van der Waals surface area (Å²) in [7, 11) is 1.63. The van der Waals surface area contributed by atoms with E-state index >= 15 is 0 Å². The van der Waals surface area contributed by atoms with Crippen LogP contribution in [-0.2, 0) is 11.3 Å². The van der Waals surface area contributed by atoms with Crippen molar-refractivity contribution in [3.8, 4) is 17.4 Å². The number of amides is 1. The smallest absolute Gasteiger partial charge is 0.263 e. The number of aromatic nitrogens is 3. The first-order chi connectivity index (χ1) is 17.2. The highest BCUT2D eigenvalue weighted by Crippen LogP contribution is 2.47. The summed E-state index contributed by atoms with van der Waals surface area (Å²) in [5.74, 6) is 4.00. The fourth-order valence-electron chi connectivity index (χ4n) is 5.79. The molecule has 1 saturated carbocycles. The molecule has 180 valence electrons. The number of hydrogen-bond acceptors (Lipinski definition) is 9. The molecule has 3 aliphatic heterocycles. The van der Waals surface area contributed by atoms with E-state index in [1.54, 1.807) is 7.11 Å². The molecule has 1 amide bonds. The number of ether oxygens (including phenoxy) is 3. The monoisotopic (exact) mass is 474 g/mol. The second kappa shape index (κ2) is 8.03. The lowest BCUT2D eigenvalue weighted by atomic mass is 9.99. The predicted octanol–water partition coefficient (Wildman–Crippen LogP) is 1.56. The predicted molar refractivity (Wildman–Crippen MR) is 127 cm³/mol. The maximum Gasteiger partial charge on any atom is 0.263 e. The Labute approximate surface area is 202 Å². The number of hydrogen-bond donors (Lipinski definition) is 2. The summed E-state index contributed by atoms with van der Waals surface area (Å²) in [6.45, 7) is 4.50. The number of carbonyl (C=O) groups excluding carboxylic acids is 1. The van der Waals surface area contributed by atoms with E-state index in [1.165, 1.54) is 0 Å². The molecule has 7 rings (SSSR count). The standard InChI is InChI=1S/C25H26N6O4/c1-33-21-5-3-17-24(30-21)22-13(11-34-19(22)7-26-17)8-31-9-15-16(10-31)23(15)27-6-14-2-4-18-25(28-14)29-20(32)12-35-18/h2-5,7,13,15-16,23,27H,6,8-12H2,1H3,(H,28,29,32)/t13?,15-,16+,23+. The van der Waals surface area contributed by atoms with E-state index in [9.17, 15) is 4.79 Å². The summed E-state index contributed by atoms with van der Waals surface area (Å²) in [5, 5.41) is 6.43. The Kier molecular flexibility index (Phi) is 4.78. The Morgan fingerprint density at radius 1 is 1.14 bits per heavy atom. The zero-order chi connectivity index (χ0) is 23.5. The first-order valence-electron chi connectivity index (χ1n) is 12.0. The molecule has 2 fully saturated rings. The van der Waals surface area contributed by atoms with Gasteiger partial charge in [-0.25, -0.2) is 9.97 Å². The Balaban J connectivity index is 0.972. The fourth-order valence-corrected chi connectivity index (χ4v) is 5.79. The highest BCUT2D eigenvalue weighted by molar-refractivity contribution is 5.94. The van der Waals surface area contributed by atoms with Crippen molar-refractivity contribution in [3.05, 3.63) is 41.7 Å². The van der Waals surface area contributed by atoms with Crippen molar-refractivity contribution < 1.29 is 19.0 Å². The Hall–Kier alpha value is -3.50. The van der Waals surface area contributed by atoms with Gasteiger partial charge in [-0.05, 0) is 30.0 Å². The van der Waals surface area contributed by atoms with Gasteiger partial charge in [-0.1, -0.05) is 0 Å². The number of nitrogens with one attached hydrogen (secondary N) is 2. The van der Waals surface area contributed by atoms with Crippen molar-refractivity contribution in [1.29, 1.82) is 0 Å². The summed E-state index contributed by atoms with van der Waals surface area (Å²) in [5.41, 5.74) is 3.81. The van der Waals surface area contributed by atoms with Crippen molar-refractivity contribution in [2.75, 3.05) is 45.3 Å². The average Bonchev–Trinajstić information content (AvgIpc) is 3.18. The van der Waals surface area contributed by atoms with E-state index in [0.717, 1.165) is 47.7 Å². The van der Waals surface area contributed by atoms with Crippen LogP contribution >= 0.6 is 0 Å². The molecule has 0 aromatic carbocycles. The second-order valence-electron chi connectivity index (χ2n) is 9.70. The van der Waals surface area contributed by atoms with Crippen LogP contribution in [0.25, 0.3) is 11.0 Å². The van der Waals surface area contributed by atoms with Crippen LogP contribution in [0.4, 0.5) is 5.82 Å². The van der Waals surface area contributed by atoms with E-state index in [0.29, 0.717) is 48.5 Å². The topological polar surface area (TPSA) is 111 Å². The molecule has 1 saturated heterocycles. The number of anilines is 1. The zero-order valence-electron chi connectivity index (χ0n) is 19.4. The molecule has 1 unspecified atom stereocenters. The molecule has 10 nitrogen and oxygen atoms in total. The average molecular weight is 475 g/mol. The maximum absolute atomic E-state index is 11.5. The van der Waals surface area contributed by atoms with Gasteiger partial charge in [0.1, 0.15) is 11.3 Å².